The number of benzene rings is 2. The Bertz CT molecular complexity index is 748. The second kappa shape index (κ2) is 6.70. The average Bonchev–Trinajstić information content (AvgIpc) is 2.37. The SMILES string of the molecule is NS(=O)(=O)N=C(Nc1cccc(Br)c1)Oc1ccccc1. The Balaban J connectivity index is 2.27. The maximum atomic E-state index is 11.2. The molecule has 0 aromatic heterocycles. The molecule has 8 heteroatoms. The molecule has 6 nitrogen and oxygen atoms in total. The average molecular weight is 370 g/mol. The van der Waals surface area contributed by atoms with Gasteiger partial charge in [0.05, 0.1) is 0 Å². The molecule has 2 aromatic carbocycles. The first-order chi connectivity index (χ1) is 9.92. The van der Waals surface area contributed by atoms with Gasteiger partial charge in [0.15, 0.2) is 0 Å². The van der Waals surface area contributed by atoms with Crippen LogP contribution in [0.4, 0.5) is 5.69 Å². The largest absolute Gasteiger partial charge is 0.425 e. The fourth-order valence-corrected chi connectivity index (χ4v) is 2.19. The number of hydrogen-bond acceptors (Lipinski definition) is 3. The number of nitrogens with zero attached hydrogens (tertiary/aromatic N) is 1. The van der Waals surface area contributed by atoms with Crippen LogP contribution in [0.1, 0.15) is 0 Å². The number of rotatable bonds is 3. The third-order valence-corrected chi connectivity index (χ3v) is 3.16. The third kappa shape index (κ3) is 5.54. The summed E-state index contributed by atoms with van der Waals surface area (Å²) in [6.45, 7) is 0. The molecule has 0 radical (unpaired) electrons. The molecule has 2 rings (SSSR count). The molecule has 0 aliphatic heterocycles. The standard InChI is InChI=1S/C13H12BrN3O3S/c14-10-5-4-6-11(9-10)16-13(17-21(15,18)19)20-12-7-2-1-3-8-12/h1-9H,(H,16,17)(H2,15,18,19). The molecule has 0 amide bonds. The van der Waals surface area contributed by atoms with Crippen molar-refractivity contribution in [3.63, 3.8) is 0 Å². The number of halogens is 1. The fourth-order valence-electron chi connectivity index (χ4n) is 1.47. The lowest BCUT2D eigenvalue weighted by Gasteiger charge is -2.10. The molecule has 3 N–H and O–H groups in total. The van der Waals surface area contributed by atoms with Gasteiger partial charge in [-0.2, -0.15) is 8.42 Å². The van der Waals surface area contributed by atoms with Gasteiger partial charge in [0.2, 0.25) is 0 Å². The van der Waals surface area contributed by atoms with Gasteiger partial charge in [0.25, 0.3) is 0 Å². The van der Waals surface area contributed by atoms with Crippen molar-refractivity contribution in [2.45, 2.75) is 0 Å². The summed E-state index contributed by atoms with van der Waals surface area (Å²) in [7, 11) is -4.08. The maximum Gasteiger partial charge on any atom is 0.321 e. The summed E-state index contributed by atoms with van der Waals surface area (Å²) >= 11 is 3.32. The first-order valence-electron chi connectivity index (χ1n) is 5.80. The van der Waals surface area contributed by atoms with E-state index in [1.807, 2.05) is 12.1 Å². The smallest absolute Gasteiger partial charge is 0.321 e. The molecule has 0 spiro atoms. The summed E-state index contributed by atoms with van der Waals surface area (Å²) in [4.78, 5) is 0. The lowest BCUT2D eigenvalue weighted by Crippen LogP contribution is -2.23. The molecule has 0 saturated heterocycles. The number of amidine groups is 1. The second-order valence-electron chi connectivity index (χ2n) is 3.96. The summed E-state index contributed by atoms with van der Waals surface area (Å²) in [6.07, 6.45) is 0. The Morgan fingerprint density at radius 3 is 2.48 bits per heavy atom. The number of para-hydroxylation sites is 1. The predicted molar refractivity (Wildman–Crippen MR) is 85.4 cm³/mol. The summed E-state index contributed by atoms with van der Waals surface area (Å²) in [5, 5.41) is 7.69. The van der Waals surface area contributed by atoms with E-state index in [1.54, 1.807) is 42.5 Å². The first-order valence-corrected chi connectivity index (χ1v) is 8.10. The first kappa shape index (κ1) is 15.5. The normalized spacial score (nSPS) is 12.0. The lowest BCUT2D eigenvalue weighted by molar-refractivity contribution is 0.547. The third-order valence-electron chi connectivity index (χ3n) is 2.24. The highest BCUT2D eigenvalue weighted by atomic mass is 79.9. The van der Waals surface area contributed by atoms with Crippen LogP contribution in [-0.2, 0) is 10.2 Å². The zero-order valence-electron chi connectivity index (χ0n) is 10.7. The van der Waals surface area contributed by atoms with Gasteiger partial charge in [-0.25, -0.2) is 5.14 Å². The fraction of sp³-hybridized carbons (Fsp3) is 0. The van der Waals surface area contributed by atoms with Crippen LogP contribution < -0.4 is 15.2 Å². The highest BCUT2D eigenvalue weighted by Crippen LogP contribution is 2.17. The molecular weight excluding hydrogens is 358 g/mol. The van der Waals surface area contributed by atoms with Crippen LogP contribution in [0.15, 0.2) is 63.5 Å². The van der Waals surface area contributed by atoms with Crippen LogP contribution in [0, 0.1) is 0 Å². The van der Waals surface area contributed by atoms with Gasteiger partial charge in [0.1, 0.15) is 5.75 Å². The second-order valence-corrected chi connectivity index (χ2v) is 6.09. The van der Waals surface area contributed by atoms with Gasteiger partial charge >= 0.3 is 16.2 Å². The quantitative estimate of drug-likeness (QED) is 0.641. The molecule has 0 heterocycles. The van der Waals surface area contributed by atoms with Crippen LogP contribution >= 0.6 is 15.9 Å². The van der Waals surface area contributed by atoms with E-state index in [-0.39, 0.29) is 6.02 Å². The van der Waals surface area contributed by atoms with Crippen molar-refractivity contribution in [2.75, 3.05) is 5.32 Å². The van der Waals surface area contributed by atoms with Crippen molar-refractivity contribution in [1.82, 2.24) is 0 Å². The minimum atomic E-state index is -4.08. The zero-order chi connectivity index (χ0) is 15.3. The van der Waals surface area contributed by atoms with Crippen LogP contribution in [0.25, 0.3) is 0 Å². The molecular formula is C13H12BrN3O3S. The Hall–Kier alpha value is -1.90. The van der Waals surface area contributed by atoms with Gasteiger partial charge in [-0.05, 0) is 30.3 Å². The molecule has 0 unspecified atom stereocenters. The lowest BCUT2D eigenvalue weighted by atomic mass is 10.3. The molecule has 21 heavy (non-hydrogen) atoms. The Labute approximate surface area is 131 Å². The van der Waals surface area contributed by atoms with E-state index in [2.05, 4.69) is 25.6 Å². The van der Waals surface area contributed by atoms with Crippen molar-refractivity contribution in [1.29, 1.82) is 0 Å². The van der Waals surface area contributed by atoms with E-state index in [4.69, 9.17) is 9.88 Å². The minimum Gasteiger partial charge on any atom is -0.425 e. The maximum absolute atomic E-state index is 11.2. The Kier molecular flexibility index (Phi) is 4.94. The van der Waals surface area contributed by atoms with E-state index in [0.717, 1.165) is 4.47 Å². The van der Waals surface area contributed by atoms with Crippen molar-refractivity contribution in [3.05, 3.63) is 59.1 Å². The molecule has 0 saturated carbocycles. The molecule has 0 atom stereocenters. The Morgan fingerprint density at radius 1 is 1.14 bits per heavy atom. The van der Waals surface area contributed by atoms with Crippen LogP contribution in [0.2, 0.25) is 0 Å². The molecule has 110 valence electrons. The highest BCUT2D eigenvalue weighted by molar-refractivity contribution is 9.10. The monoisotopic (exact) mass is 369 g/mol. The van der Waals surface area contributed by atoms with Crippen molar-refractivity contribution < 1.29 is 13.2 Å². The topological polar surface area (TPSA) is 93.8 Å². The number of ether oxygens (including phenoxy) is 1. The summed E-state index contributed by atoms with van der Waals surface area (Å²) in [6, 6.07) is 15.5. The summed E-state index contributed by atoms with van der Waals surface area (Å²) in [5.41, 5.74) is 0.600. The predicted octanol–water partition coefficient (Wildman–Crippen LogP) is 2.50. The van der Waals surface area contributed by atoms with Crippen LogP contribution in [0.5, 0.6) is 5.75 Å². The van der Waals surface area contributed by atoms with Crippen molar-refractivity contribution in [2.24, 2.45) is 9.54 Å². The van der Waals surface area contributed by atoms with E-state index < -0.39 is 10.2 Å². The number of nitrogens with two attached hydrogens (primary N) is 1. The van der Waals surface area contributed by atoms with Gasteiger partial charge in [0, 0.05) is 10.2 Å². The van der Waals surface area contributed by atoms with E-state index in [0.29, 0.717) is 11.4 Å². The van der Waals surface area contributed by atoms with Crippen LogP contribution in [0.3, 0.4) is 0 Å². The summed E-state index contributed by atoms with van der Waals surface area (Å²) in [5.74, 6) is 0.433. The van der Waals surface area contributed by atoms with Gasteiger partial charge in [-0.15, -0.1) is 0 Å². The minimum absolute atomic E-state index is 0.234. The molecule has 0 bridgehead atoms. The molecule has 0 fully saturated rings. The van der Waals surface area contributed by atoms with E-state index in [9.17, 15) is 8.42 Å². The van der Waals surface area contributed by atoms with E-state index in [1.165, 1.54) is 0 Å². The molecule has 0 aliphatic carbocycles. The van der Waals surface area contributed by atoms with Crippen LogP contribution in [-0.4, -0.2) is 14.4 Å². The Morgan fingerprint density at radius 2 is 1.86 bits per heavy atom. The van der Waals surface area contributed by atoms with Gasteiger partial charge in [-0.1, -0.05) is 44.6 Å². The zero-order valence-corrected chi connectivity index (χ0v) is 13.1. The van der Waals surface area contributed by atoms with Gasteiger partial charge in [-0.3, -0.25) is 0 Å². The number of nitrogens with one attached hydrogen (secondary N) is 1. The highest BCUT2D eigenvalue weighted by Gasteiger charge is 2.09. The van der Waals surface area contributed by atoms with Gasteiger partial charge < -0.3 is 10.1 Å². The molecule has 2 aromatic rings. The molecule has 0 aliphatic rings. The van der Waals surface area contributed by atoms with E-state index >= 15 is 0 Å². The van der Waals surface area contributed by atoms with Crippen molar-refractivity contribution >= 4 is 37.8 Å². The summed E-state index contributed by atoms with van der Waals surface area (Å²) < 4.78 is 31.9. The number of hydrogen-bond donors (Lipinski definition) is 2. The number of anilines is 1. The van der Waals surface area contributed by atoms with Crippen molar-refractivity contribution in [3.8, 4) is 5.75 Å².